The Bertz CT molecular complexity index is 1150. The molecule has 33 heavy (non-hydrogen) atoms. The van der Waals surface area contributed by atoms with E-state index in [4.69, 9.17) is 11.6 Å². The molecule has 0 aliphatic carbocycles. The number of pyridine rings is 2. The third-order valence-corrected chi connectivity index (χ3v) is 6.24. The second-order valence-electron chi connectivity index (χ2n) is 8.51. The summed E-state index contributed by atoms with van der Waals surface area (Å²) < 4.78 is 0. The van der Waals surface area contributed by atoms with Gasteiger partial charge in [0, 0.05) is 48.2 Å². The van der Waals surface area contributed by atoms with Crippen molar-refractivity contribution in [3.8, 4) is 0 Å². The van der Waals surface area contributed by atoms with Gasteiger partial charge in [-0.15, -0.1) is 0 Å². The average Bonchev–Trinajstić information content (AvgIpc) is 3.27. The monoisotopic (exact) mass is 466 g/mol. The third kappa shape index (κ3) is 5.87. The van der Waals surface area contributed by atoms with Crippen molar-refractivity contribution in [2.24, 2.45) is 0 Å². The van der Waals surface area contributed by atoms with Crippen LogP contribution >= 0.6 is 11.6 Å². The number of nitrogens with zero attached hydrogens (tertiary/aromatic N) is 2. The number of nitrogens with one attached hydrogen (secondary N) is 2. The van der Waals surface area contributed by atoms with Gasteiger partial charge in [-0.25, -0.2) is 4.98 Å². The molecular weight excluding hydrogens is 440 g/mol. The molecule has 3 aromatic rings. The minimum absolute atomic E-state index is 0.0306. The maximum absolute atomic E-state index is 12.7. The lowest BCUT2D eigenvalue weighted by Gasteiger charge is -2.20. The Kier molecular flexibility index (Phi) is 7.23. The minimum Gasteiger partial charge on any atom is -0.387 e. The Morgan fingerprint density at radius 1 is 1.18 bits per heavy atom. The van der Waals surface area contributed by atoms with E-state index in [-0.39, 0.29) is 23.6 Å². The first-order valence-corrected chi connectivity index (χ1v) is 11.3. The van der Waals surface area contributed by atoms with E-state index >= 15 is 0 Å². The van der Waals surface area contributed by atoms with Crippen LogP contribution in [-0.2, 0) is 13.0 Å². The number of hydrogen-bond acceptors (Lipinski definition) is 5. The number of amides is 1. The van der Waals surface area contributed by atoms with Crippen LogP contribution in [0.2, 0.25) is 5.15 Å². The summed E-state index contributed by atoms with van der Waals surface area (Å²) in [5.41, 5.74) is 2.99. The fourth-order valence-electron chi connectivity index (χ4n) is 4.26. The summed E-state index contributed by atoms with van der Waals surface area (Å²) in [7, 11) is 1.71. The number of aromatic nitrogens is 2. The first kappa shape index (κ1) is 23.2. The van der Waals surface area contributed by atoms with E-state index in [1.807, 2.05) is 24.3 Å². The lowest BCUT2D eigenvalue weighted by atomic mass is 10.0. The van der Waals surface area contributed by atoms with Gasteiger partial charge in [0.05, 0.1) is 12.6 Å². The van der Waals surface area contributed by atoms with Crippen molar-refractivity contribution in [3.63, 3.8) is 0 Å². The second-order valence-corrected chi connectivity index (χ2v) is 8.90. The zero-order valence-electron chi connectivity index (χ0n) is 18.4. The Morgan fingerprint density at radius 2 is 1.97 bits per heavy atom. The van der Waals surface area contributed by atoms with Gasteiger partial charge in [0.1, 0.15) is 5.15 Å². The molecule has 1 amide bonds. The van der Waals surface area contributed by atoms with Crippen molar-refractivity contribution < 1.29 is 9.90 Å². The number of aliphatic hydroxyl groups excluding tert-OH is 1. The molecule has 3 N–H and O–H groups in total. The number of carbonyl (C=O) groups excluding carboxylic acids is 1. The van der Waals surface area contributed by atoms with Crippen LogP contribution in [0.25, 0.3) is 0 Å². The summed E-state index contributed by atoms with van der Waals surface area (Å²) in [4.78, 5) is 32.6. The molecule has 7 nitrogen and oxygen atoms in total. The van der Waals surface area contributed by atoms with Crippen molar-refractivity contribution in [3.05, 3.63) is 98.7 Å². The average molecular weight is 467 g/mol. The SMILES string of the molecule is CN(Cc1cccc(=O)[nH]1)C(=O)c1ccc(C[C@@H]2CC[C@H]([C@H](O)c3ccc(Cl)nc3)N2)cc1. The van der Waals surface area contributed by atoms with Crippen LogP contribution in [0.4, 0.5) is 0 Å². The van der Waals surface area contributed by atoms with Crippen molar-refractivity contribution in [1.82, 2.24) is 20.2 Å². The summed E-state index contributed by atoms with van der Waals surface area (Å²) in [5, 5.41) is 14.6. The summed E-state index contributed by atoms with van der Waals surface area (Å²) in [6, 6.07) is 16.2. The van der Waals surface area contributed by atoms with Crippen LogP contribution in [0.5, 0.6) is 0 Å². The smallest absolute Gasteiger partial charge is 0.253 e. The van der Waals surface area contributed by atoms with Gasteiger partial charge in [-0.2, -0.15) is 0 Å². The topological polar surface area (TPSA) is 98.3 Å². The predicted octanol–water partition coefficient (Wildman–Crippen LogP) is 3.09. The molecule has 1 aromatic carbocycles. The summed E-state index contributed by atoms with van der Waals surface area (Å²) in [5.74, 6) is -0.106. The highest BCUT2D eigenvalue weighted by Gasteiger charge is 2.30. The quantitative estimate of drug-likeness (QED) is 0.465. The van der Waals surface area contributed by atoms with Crippen LogP contribution in [0.15, 0.2) is 65.6 Å². The van der Waals surface area contributed by atoms with Crippen LogP contribution in [0.3, 0.4) is 0 Å². The highest BCUT2D eigenvalue weighted by Crippen LogP contribution is 2.27. The summed E-state index contributed by atoms with van der Waals surface area (Å²) in [6.45, 7) is 0.329. The van der Waals surface area contributed by atoms with Crippen LogP contribution in [-0.4, -0.2) is 45.0 Å². The van der Waals surface area contributed by atoms with E-state index in [0.717, 1.165) is 30.4 Å². The fourth-order valence-corrected chi connectivity index (χ4v) is 4.37. The number of H-pyrrole nitrogens is 1. The molecule has 0 saturated carbocycles. The van der Waals surface area contributed by atoms with E-state index in [0.29, 0.717) is 23.0 Å². The third-order valence-electron chi connectivity index (χ3n) is 6.01. The predicted molar refractivity (Wildman–Crippen MR) is 127 cm³/mol. The zero-order chi connectivity index (χ0) is 23.4. The lowest BCUT2D eigenvalue weighted by molar-refractivity contribution is 0.0783. The molecule has 0 spiro atoms. The minimum atomic E-state index is -0.630. The molecule has 1 saturated heterocycles. The number of benzene rings is 1. The fraction of sp³-hybridized carbons (Fsp3) is 0.320. The highest BCUT2D eigenvalue weighted by atomic mass is 35.5. The number of hydrogen-bond donors (Lipinski definition) is 3. The molecule has 1 aliphatic heterocycles. The molecular formula is C25H27ClN4O3. The standard InChI is InChI=1S/C25H27ClN4O3/c1-30(15-20-3-2-4-23(31)29-20)25(33)17-7-5-16(6-8-17)13-19-10-11-21(28-19)24(32)18-9-12-22(26)27-14-18/h2-9,12,14,19,21,24,28,32H,10-11,13,15H2,1H3,(H,29,31)/t19-,21+,24+/m0/s1. The van der Waals surface area contributed by atoms with Gasteiger partial charge in [-0.05, 0) is 49.1 Å². The largest absolute Gasteiger partial charge is 0.387 e. The van der Waals surface area contributed by atoms with Crippen LogP contribution in [0, 0.1) is 0 Å². The van der Waals surface area contributed by atoms with Gasteiger partial charge in [0.25, 0.3) is 5.91 Å². The maximum atomic E-state index is 12.7. The first-order valence-electron chi connectivity index (χ1n) is 11.0. The van der Waals surface area contributed by atoms with Crippen molar-refractivity contribution >= 4 is 17.5 Å². The Balaban J connectivity index is 1.31. The van der Waals surface area contributed by atoms with E-state index in [2.05, 4.69) is 15.3 Å². The lowest BCUT2D eigenvalue weighted by Crippen LogP contribution is -2.35. The van der Waals surface area contributed by atoms with Gasteiger partial charge in [0.15, 0.2) is 0 Å². The molecule has 0 bridgehead atoms. The molecule has 3 heterocycles. The molecule has 8 heteroatoms. The Labute approximate surface area is 197 Å². The van der Waals surface area contributed by atoms with Gasteiger partial charge in [-0.3, -0.25) is 9.59 Å². The first-order chi connectivity index (χ1) is 15.9. The van der Waals surface area contributed by atoms with E-state index in [1.54, 1.807) is 42.4 Å². The van der Waals surface area contributed by atoms with E-state index in [1.165, 1.54) is 6.07 Å². The van der Waals surface area contributed by atoms with Crippen molar-refractivity contribution in [1.29, 1.82) is 0 Å². The second kappa shape index (κ2) is 10.3. The molecule has 4 rings (SSSR count). The molecule has 0 unspecified atom stereocenters. The normalized spacial score (nSPS) is 18.8. The Hall–Kier alpha value is -3.00. The van der Waals surface area contributed by atoms with Crippen molar-refractivity contribution in [2.45, 2.75) is 44.0 Å². The molecule has 3 atom stereocenters. The van der Waals surface area contributed by atoms with Crippen LogP contribution in [0.1, 0.15) is 46.1 Å². The molecule has 172 valence electrons. The van der Waals surface area contributed by atoms with Crippen LogP contribution < -0.4 is 10.9 Å². The zero-order valence-corrected chi connectivity index (χ0v) is 19.1. The Morgan fingerprint density at radius 3 is 2.67 bits per heavy atom. The van der Waals surface area contributed by atoms with Gasteiger partial charge in [0.2, 0.25) is 5.56 Å². The maximum Gasteiger partial charge on any atom is 0.253 e. The highest BCUT2D eigenvalue weighted by molar-refractivity contribution is 6.29. The number of aliphatic hydroxyl groups is 1. The number of aromatic amines is 1. The molecule has 1 fully saturated rings. The number of carbonyl (C=O) groups is 1. The molecule has 0 radical (unpaired) electrons. The number of halogens is 1. The van der Waals surface area contributed by atoms with Gasteiger partial charge in [-0.1, -0.05) is 35.9 Å². The van der Waals surface area contributed by atoms with Gasteiger partial charge < -0.3 is 20.3 Å². The van der Waals surface area contributed by atoms with Crippen molar-refractivity contribution in [2.75, 3.05) is 7.05 Å². The molecule has 1 aliphatic rings. The summed E-state index contributed by atoms with van der Waals surface area (Å²) >= 11 is 5.83. The number of rotatable bonds is 7. The molecule has 2 aromatic heterocycles. The summed E-state index contributed by atoms with van der Waals surface area (Å²) in [6.07, 6.45) is 3.63. The van der Waals surface area contributed by atoms with E-state index in [9.17, 15) is 14.7 Å². The van der Waals surface area contributed by atoms with E-state index < -0.39 is 6.10 Å². The van der Waals surface area contributed by atoms with Gasteiger partial charge >= 0.3 is 0 Å².